The Morgan fingerprint density at radius 1 is 0.464 bits per heavy atom. The lowest BCUT2D eigenvalue weighted by atomic mass is 10.1. The molecule has 6 aromatic carbocycles. The van der Waals surface area contributed by atoms with Crippen molar-refractivity contribution in [3.63, 3.8) is 0 Å². The summed E-state index contributed by atoms with van der Waals surface area (Å²) in [7, 11) is 0. The minimum Gasteiger partial charge on any atom is -0.369 e. The maximum atomic E-state index is 7.08. The standard InChI is InChI=1S/C49H35N7/c1-33(47-51-40(34-18-6-2-7-19-34)31-41(52-47)35-20-8-3-9-21-35)30-44(55-49(50)56-45-28-16-14-26-38(45)39-27-15-17-29-46(39)56)48-53-42(36-22-10-4-11-23-36)32-43(54-48)37-24-12-5-13-25-37/h2-32H,1H2,(H2,50,55)/b44-30-. The lowest BCUT2D eigenvalue weighted by molar-refractivity contribution is 1.10. The van der Waals surface area contributed by atoms with Gasteiger partial charge in [-0.2, -0.15) is 0 Å². The van der Waals surface area contributed by atoms with E-state index in [4.69, 9.17) is 30.7 Å². The first kappa shape index (κ1) is 34.0. The van der Waals surface area contributed by atoms with Gasteiger partial charge in [0.25, 0.3) is 0 Å². The highest BCUT2D eigenvalue weighted by atomic mass is 15.2. The Morgan fingerprint density at radius 3 is 1.20 bits per heavy atom. The van der Waals surface area contributed by atoms with Crippen LogP contribution in [0.15, 0.2) is 200 Å². The van der Waals surface area contributed by atoms with E-state index in [1.807, 2.05) is 181 Å². The van der Waals surface area contributed by atoms with Gasteiger partial charge in [0.2, 0.25) is 5.96 Å². The van der Waals surface area contributed by atoms with Crippen molar-refractivity contribution in [1.82, 2.24) is 24.5 Å². The molecule has 0 fully saturated rings. The molecule has 56 heavy (non-hydrogen) atoms. The average molecular weight is 722 g/mol. The van der Waals surface area contributed by atoms with Gasteiger partial charge in [-0.25, -0.2) is 24.9 Å². The molecule has 3 aromatic heterocycles. The van der Waals surface area contributed by atoms with Crippen LogP contribution in [0.4, 0.5) is 0 Å². The average Bonchev–Trinajstić information content (AvgIpc) is 3.61. The number of aromatic nitrogens is 5. The first-order valence-electron chi connectivity index (χ1n) is 18.3. The number of para-hydroxylation sites is 2. The minimum atomic E-state index is 0.250. The van der Waals surface area contributed by atoms with Crippen molar-refractivity contribution in [3.05, 3.63) is 206 Å². The molecule has 0 aliphatic rings. The van der Waals surface area contributed by atoms with Crippen molar-refractivity contribution < 1.29 is 0 Å². The van der Waals surface area contributed by atoms with E-state index in [-0.39, 0.29) is 5.96 Å². The summed E-state index contributed by atoms with van der Waals surface area (Å²) in [6.07, 6.45) is 1.83. The summed E-state index contributed by atoms with van der Waals surface area (Å²) in [5, 5.41) is 2.15. The zero-order chi connectivity index (χ0) is 37.8. The second-order valence-corrected chi connectivity index (χ2v) is 13.3. The molecule has 266 valence electrons. The number of allylic oxidation sites excluding steroid dienone is 2. The molecular weight excluding hydrogens is 687 g/mol. The summed E-state index contributed by atoms with van der Waals surface area (Å²) in [4.78, 5) is 25.5. The van der Waals surface area contributed by atoms with Crippen LogP contribution in [-0.2, 0) is 0 Å². The summed E-state index contributed by atoms with van der Waals surface area (Å²) in [5.74, 6) is 1.06. The molecule has 0 aliphatic heterocycles. The van der Waals surface area contributed by atoms with Crippen LogP contribution in [0.2, 0.25) is 0 Å². The van der Waals surface area contributed by atoms with E-state index >= 15 is 0 Å². The van der Waals surface area contributed by atoms with Crippen molar-refractivity contribution in [2.75, 3.05) is 0 Å². The summed E-state index contributed by atoms with van der Waals surface area (Å²) in [5.41, 5.74) is 16.7. The van der Waals surface area contributed by atoms with E-state index in [9.17, 15) is 0 Å². The summed E-state index contributed by atoms with van der Waals surface area (Å²) in [6.45, 7) is 4.52. The topological polar surface area (TPSA) is 94.9 Å². The van der Waals surface area contributed by atoms with Gasteiger partial charge in [0, 0.05) is 38.6 Å². The van der Waals surface area contributed by atoms with Crippen LogP contribution >= 0.6 is 0 Å². The lowest BCUT2D eigenvalue weighted by Gasteiger charge is -2.13. The lowest BCUT2D eigenvalue weighted by Crippen LogP contribution is -2.22. The van der Waals surface area contributed by atoms with Crippen molar-refractivity contribution in [1.29, 1.82) is 0 Å². The molecule has 3 heterocycles. The number of aliphatic imine (C=N–C) groups is 1. The Bertz CT molecular complexity index is 2750. The SMILES string of the molecule is C=C(/C=C(\N=C(N)n1c2ccccc2c2ccccc21)c1nc(-c2ccccc2)cc(-c2ccccc2)n1)c1nc(-c2ccccc2)cc(-c2ccccc2)n1. The quantitative estimate of drug-likeness (QED) is 0.0957. The highest BCUT2D eigenvalue weighted by Crippen LogP contribution is 2.32. The molecule has 0 saturated heterocycles. The molecule has 0 atom stereocenters. The van der Waals surface area contributed by atoms with Crippen molar-refractivity contribution in [3.8, 4) is 45.0 Å². The van der Waals surface area contributed by atoms with Gasteiger partial charge in [0.15, 0.2) is 11.6 Å². The Balaban J connectivity index is 1.27. The molecule has 2 N–H and O–H groups in total. The van der Waals surface area contributed by atoms with Crippen LogP contribution in [0.3, 0.4) is 0 Å². The normalized spacial score (nSPS) is 11.9. The second kappa shape index (κ2) is 14.9. The predicted octanol–water partition coefficient (Wildman–Crippen LogP) is 11.0. The number of nitrogens with zero attached hydrogens (tertiary/aromatic N) is 6. The largest absolute Gasteiger partial charge is 0.369 e. The minimum absolute atomic E-state index is 0.250. The Kier molecular flexibility index (Phi) is 9.07. The molecule has 0 spiro atoms. The van der Waals surface area contributed by atoms with E-state index in [1.54, 1.807) is 0 Å². The van der Waals surface area contributed by atoms with Gasteiger partial charge in [-0.05, 0) is 30.3 Å². The molecule has 9 rings (SSSR count). The Morgan fingerprint density at radius 2 is 0.804 bits per heavy atom. The highest BCUT2D eigenvalue weighted by Gasteiger charge is 2.18. The molecule has 0 unspecified atom stereocenters. The predicted molar refractivity (Wildman–Crippen MR) is 229 cm³/mol. The number of benzene rings is 6. The zero-order valence-electron chi connectivity index (χ0n) is 30.4. The molecule has 9 aromatic rings. The Labute approximate surface area is 324 Å². The summed E-state index contributed by atoms with van der Waals surface area (Å²) >= 11 is 0. The maximum absolute atomic E-state index is 7.08. The molecule has 0 amide bonds. The van der Waals surface area contributed by atoms with Gasteiger partial charge < -0.3 is 5.73 Å². The molecule has 7 nitrogen and oxygen atoms in total. The van der Waals surface area contributed by atoms with Crippen LogP contribution < -0.4 is 5.73 Å². The molecular formula is C49H35N7. The van der Waals surface area contributed by atoms with Crippen LogP contribution in [0.1, 0.15) is 11.6 Å². The third-order valence-corrected chi connectivity index (χ3v) is 9.60. The van der Waals surface area contributed by atoms with E-state index in [2.05, 4.69) is 18.7 Å². The number of nitrogens with two attached hydrogens (primary N) is 1. The van der Waals surface area contributed by atoms with Gasteiger partial charge in [-0.3, -0.25) is 4.57 Å². The first-order valence-corrected chi connectivity index (χ1v) is 18.3. The van der Waals surface area contributed by atoms with Crippen molar-refractivity contribution in [2.45, 2.75) is 0 Å². The zero-order valence-corrected chi connectivity index (χ0v) is 30.4. The van der Waals surface area contributed by atoms with E-state index < -0.39 is 0 Å². The molecule has 0 saturated carbocycles. The highest BCUT2D eigenvalue weighted by molar-refractivity contribution is 6.14. The molecule has 7 heteroatoms. The van der Waals surface area contributed by atoms with E-state index in [1.165, 1.54) is 0 Å². The number of hydrogen-bond acceptors (Lipinski definition) is 5. The molecule has 0 aliphatic carbocycles. The van der Waals surface area contributed by atoms with Crippen LogP contribution in [-0.4, -0.2) is 30.5 Å². The number of fused-ring (bicyclic) bond motifs is 3. The van der Waals surface area contributed by atoms with Crippen LogP contribution in [0.25, 0.3) is 78.1 Å². The van der Waals surface area contributed by atoms with Crippen LogP contribution in [0, 0.1) is 0 Å². The van der Waals surface area contributed by atoms with Gasteiger partial charge >= 0.3 is 0 Å². The maximum Gasteiger partial charge on any atom is 0.205 e. The van der Waals surface area contributed by atoms with Crippen LogP contribution in [0.5, 0.6) is 0 Å². The van der Waals surface area contributed by atoms with Gasteiger partial charge in [-0.1, -0.05) is 164 Å². The third-order valence-electron chi connectivity index (χ3n) is 9.60. The van der Waals surface area contributed by atoms with E-state index in [0.717, 1.165) is 66.8 Å². The fourth-order valence-corrected chi connectivity index (χ4v) is 6.90. The monoisotopic (exact) mass is 721 g/mol. The smallest absolute Gasteiger partial charge is 0.205 e. The van der Waals surface area contributed by atoms with Crippen molar-refractivity contribution >= 4 is 39.0 Å². The molecule has 0 bridgehead atoms. The fraction of sp³-hybridized carbons (Fsp3) is 0. The number of rotatable bonds is 8. The fourth-order valence-electron chi connectivity index (χ4n) is 6.90. The first-order chi connectivity index (χ1) is 27.6. The summed E-state index contributed by atoms with van der Waals surface area (Å²) in [6, 6.07) is 60.6. The van der Waals surface area contributed by atoms with Gasteiger partial charge in [0.1, 0.15) is 5.70 Å². The van der Waals surface area contributed by atoms with E-state index in [0.29, 0.717) is 22.9 Å². The summed E-state index contributed by atoms with van der Waals surface area (Å²) < 4.78 is 1.97. The van der Waals surface area contributed by atoms with Gasteiger partial charge in [-0.15, -0.1) is 0 Å². The number of hydrogen-bond donors (Lipinski definition) is 1. The van der Waals surface area contributed by atoms with Gasteiger partial charge in [0.05, 0.1) is 33.8 Å². The second-order valence-electron chi connectivity index (χ2n) is 13.3. The molecule has 0 radical (unpaired) electrons. The van der Waals surface area contributed by atoms with Crippen molar-refractivity contribution in [2.24, 2.45) is 10.7 Å². The Hall–Kier alpha value is -7.77. The third kappa shape index (κ3) is 6.77.